The second kappa shape index (κ2) is 6.78. The number of halogens is 1. The molecule has 0 atom stereocenters. The number of fused-ring (bicyclic) bond motifs is 1. The molecule has 3 heteroatoms. The van der Waals surface area contributed by atoms with Crippen LogP contribution in [0.25, 0.3) is 10.9 Å². The number of benzene rings is 2. The third-order valence-electron chi connectivity index (χ3n) is 4.14. The van der Waals surface area contributed by atoms with Gasteiger partial charge in [0, 0.05) is 34.8 Å². The molecule has 3 rings (SSSR count). The number of para-hydroxylation sites is 1. The molecule has 1 aromatic heterocycles. The predicted molar refractivity (Wildman–Crippen MR) is 91.3 cm³/mol. The van der Waals surface area contributed by atoms with Gasteiger partial charge in [0.2, 0.25) is 0 Å². The number of hydrogen-bond acceptors (Lipinski definition) is 1. The fourth-order valence-corrected chi connectivity index (χ4v) is 2.90. The average Bonchev–Trinajstić information content (AvgIpc) is 2.94. The summed E-state index contributed by atoms with van der Waals surface area (Å²) in [7, 11) is 0. The lowest BCUT2D eigenvalue weighted by Gasteiger charge is -2.03. The molecule has 0 aliphatic rings. The van der Waals surface area contributed by atoms with Crippen LogP contribution in [0.15, 0.2) is 54.7 Å². The number of rotatable bonds is 6. The Balaban J connectivity index is 2.00. The van der Waals surface area contributed by atoms with E-state index >= 15 is 0 Å². The Labute approximate surface area is 135 Å². The Kier molecular flexibility index (Phi) is 4.56. The van der Waals surface area contributed by atoms with E-state index in [1.54, 1.807) is 12.1 Å². The maximum Gasteiger partial charge on any atom is 0.195 e. The Morgan fingerprint density at radius 1 is 1.04 bits per heavy atom. The third kappa shape index (κ3) is 3.19. The van der Waals surface area contributed by atoms with Crippen molar-refractivity contribution >= 4 is 16.7 Å². The minimum Gasteiger partial charge on any atom is -0.347 e. The molecule has 2 nitrogen and oxygen atoms in total. The van der Waals surface area contributed by atoms with E-state index in [9.17, 15) is 9.18 Å². The first kappa shape index (κ1) is 15.5. The Bertz CT molecular complexity index is 817. The number of aromatic nitrogens is 1. The summed E-state index contributed by atoms with van der Waals surface area (Å²) in [6, 6.07) is 13.7. The van der Waals surface area contributed by atoms with E-state index in [-0.39, 0.29) is 11.6 Å². The van der Waals surface area contributed by atoms with E-state index in [4.69, 9.17) is 0 Å². The highest BCUT2D eigenvalue weighted by Gasteiger charge is 2.16. The van der Waals surface area contributed by atoms with Crippen LogP contribution in [-0.2, 0) is 6.54 Å². The van der Waals surface area contributed by atoms with Gasteiger partial charge < -0.3 is 4.57 Å². The van der Waals surface area contributed by atoms with Crippen LogP contribution in [0.2, 0.25) is 0 Å². The highest BCUT2D eigenvalue weighted by Crippen LogP contribution is 2.24. The van der Waals surface area contributed by atoms with E-state index in [1.165, 1.54) is 25.0 Å². The second-order valence-corrected chi connectivity index (χ2v) is 5.80. The third-order valence-corrected chi connectivity index (χ3v) is 4.14. The van der Waals surface area contributed by atoms with Crippen LogP contribution in [-0.4, -0.2) is 10.4 Å². The molecule has 118 valence electrons. The summed E-state index contributed by atoms with van der Waals surface area (Å²) < 4.78 is 15.2. The number of hydrogen-bond donors (Lipinski definition) is 0. The van der Waals surface area contributed by atoms with Crippen LogP contribution >= 0.6 is 0 Å². The van der Waals surface area contributed by atoms with E-state index < -0.39 is 0 Å². The number of carbonyl (C=O) groups is 1. The molecule has 0 amide bonds. The molecule has 0 saturated heterocycles. The fourth-order valence-electron chi connectivity index (χ4n) is 2.90. The van der Waals surface area contributed by atoms with Gasteiger partial charge in [-0.1, -0.05) is 38.0 Å². The van der Waals surface area contributed by atoms with Gasteiger partial charge in [0.25, 0.3) is 0 Å². The summed E-state index contributed by atoms with van der Waals surface area (Å²) in [5, 5.41) is 0.957. The lowest BCUT2D eigenvalue weighted by molar-refractivity contribution is 0.104. The standard InChI is InChI=1S/C20H20FNO/c1-2-3-6-13-22-14-18(17-7-4-5-8-19(17)22)20(23)15-9-11-16(21)12-10-15/h4-5,7-12,14H,2-3,6,13H2,1H3. The van der Waals surface area contributed by atoms with Gasteiger partial charge in [-0.15, -0.1) is 0 Å². The Morgan fingerprint density at radius 3 is 2.52 bits per heavy atom. The average molecular weight is 309 g/mol. The van der Waals surface area contributed by atoms with Gasteiger partial charge in [-0.3, -0.25) is 4.79 Å². The van der Waals surface area contributed by atoms with Crippen LogP contribution in [0.3, 0.4) is 0 Å². The SMILES string of the molecule is CCCCCn1cc(C(=O)c2ccc(F)cc2)c2ccccc21. The molecular weight excluding hydrogens is 289 g/mol. The van der Waals surface area contributed by atoms with Crippen molar-refractivity contribution in [1.82, 2.24) is 4.57 Å². The van der Waals surface area contributed by atoms with Gasteiger partial charge in [-0.2, -0.15) is 0 Å². The summed E-state index contributed by atoms with van der Waals surface area (Å²) in [4.78, 5) is 12.8. The van der Waals surface area contributed by atoms with Crippen molar-refractivity contribution in [3.05, 3.63) is 71.7 Å². The van der Waals surface area contributed by atoms with Crippen molar-refractivity contribution in [1.29, 1.82) is 0 Å². The number of ketones is 1. The number of aryl methyl sites for hydroxylation is 1. The van der Waals surface area contributed by atoms with Crippen molar-refractivity contribution in [3.63, 3.8) is 0 Å². The maximum absolute atomic E-state index is 13.1. The fraction of sp³-hybridized carbons (Fsp3) is 0.250. The predicted octanol–water partition coefficient (Wildman–Crippen LogP) is 5.20. The van der Waals surface area contributed by atoms with Crippen LogP contribution in [0.5, 0.6) is 0 Å². The number of carbonyl (C=O) groups excluding carboxylic acids is 1. The molecule has 0 aliphatic heterocycles. The molecule has 0 spiro atoms. The van der Waals surface area contributed by atoms with Crippen molar-refractivity contribution in [2.45, 2.75) is 32.7 Å². The van der Waals surface area contributed by atoms with E-state index in [1.807, 2.05) is 30.5 Å². The maximum atomic E-state index is 13.1. The first-order valence-corrected chi connectivity index (χ1v) is 8.09. The van der Waals surface area contributed by atoms with E-state index in [0.717, 1.165) is 23.9 Å². The van der Waals surface area contributed by atoms with Gasteiger partial charge >= 0.3 is 0 Å². The zero-order chi connectivity index (χ0) is 16.2. The van der Waals surface area contributed by atoms with Crippen molar-refractivity contribution in [2.75, 3.05) is 0 Å². The molecule has 1 heterocycles. The highest BCUT2D eigenvalue weighted by atomic mass is 19.1. The summed E-state index contributed by atoms with van der Waals surface area (Å²) in [6.45, 7) is 3.09. The molecule has 0 fully saturated rings. The molecule has 0 bridgehead atoms. The van der Waals surface area contributed by atoms with Gasteiger partial charge in [0.1, 0.15) is 5.82 Å². The minimum atomic E-state index is -0.330. The summed E-state index contributed by atoms with van der Waals surface area (Å²) in [5.41, 5.74) is 2.28. The van der Waals surface area contributed by atoms with Crippen LogP contribution in [0, 0.1) is 5.82 Å². The zero-order valence-electron chi connectivity index (χ0n) is 13.3. The van der Waals surface area contributed by atoms with Gasteiger partial charge in [0.05, 0.1) is 0 Å². The zero-order valence-corrected chi connectivity index (χ0v) is 13.3. The summed E-state index contributed by atoms with van der Waals surface area (Å²) in [6.07, 6.45) is 5.37. The smallest absolute Gasteiger partial charge is 0.195 e. The number of nitrogens with zero attached hydrogens (tertiary/aromatic N) is 1. The Morgan fingerprint density at radius 2 is 1.78 bits per heavy atom. The summed E-state index contributed by atoms with van der Waals surface area (Å²) >= 11 is 0. The van der Waals surface area contributed by atoms with Crippen LogP contribution in [0.4, 0.5) is 4.39 Å². The number of unbranched alkanes of at least 4 members (excludes halogenated alkanes) is 2. The van der Waals surface area contributed by atoms with Gasteiger partial charge in [0.15, 0.2) is 5.78 Å². The molecule has 0 N–H and O–H groups in total. The monoisotopic (exact) mass is 309 g/mol. The quantitative estimate of drug-likeness (QED) is 0.453. The largest absolute Gasteiger partial charge is 0.347 e. The normalized spacial score (nSPS) is 11.0. The molecule has 0 unspecified atom stereocenters. The molecule has 3 aromatic rings. The van der Waals surface area contributed by atoms with Gasteiger partial charge in [-0.25, -0.2) is 4.39 Å². The molecule has 0 saturated carbocycles. The lowest BCUT2D eigenvalue weighted by atomic mass is 10.0. The van der Waals surface area contributed by atoms with E-state index in [0.29, 0.717) is 11.1 Å². The summed E-state index contributed by atoms with van der Waals surface area (Å²) in [5.74, 6) is -0.390. The molecule has 23 heavy (non-hydrogen) atoms. The topological polar surface area (TPSA) is 22.0 Å². The minimum absolute atomic E-state index is 0.0598. The van der Waals surface area contributed by atoms with Crippen LogP contribution in [0.1, 0.15) is 42.1 Å². The van der Waals surface area contributed by atoms with Gasteiger partial charge in [-0.05, 0) is 36.8 Å². The van der Waals surface area contributed by atoms with Crippen molar-refractivity contribution in [2.24, 2.45) is 0 Å². The molecule has 0 radical (unpaired) electrons. The lowest BCUT2D eigenvalue weighted by Crippen LogP contribution is -2.01. The van der Waals surface area contributed by atoms with E-state index in [2.05, 4.69) is 11.5 Å². The molecule has 0 aliphatic carbocycles. The second-order valence-electron chi connectivity index (χ2n) is 5.80. The molecule has 2 aromatic carbocycles. The van der Waals surface area contributed by atoms with Crippen molar-refractivity contribution < 1.29 is 9.18 Å². The first-order chi connectivity index (χ1) is 11.2. The Hall–Kier alpha value is -2.42. The highest BCUT2D eigenvalue weighted by molar-refractivity contribution is 6.16. The van der Waals surface area contributed by atoms with Crippen LogP contribution < -0.4 is 0 Å². The first-order valence-electron chi connectivity index (χ1n) is 8.09. The molecular formula is C20H20FNO. The van der Waals surface area contributed by atoms with Crippen molar-refractivity contribution in [3.8, 4) is 0 Å².